The molecule has 0 N–H and O–H groups in total. The highest BCUT2D eigenvalue weighted by Crippen LogP contribution is 2.46. The molecular formula is C18H15BFNO3S. The average molecular weight is 355 g/mol. The summed E-state index contributed by atoms with van der Waals surface area (Å²) in [6.45, 7) is 1.79. The summed E-state index contributed by atoms with van der Waals surface area (Å²) >= 11 is 1.28. The second kappa shape index (κ2) is 6.56. The first kappa shape index (κ1) is 17.5. The highest BCUT2D eigenvalue weighted by Gasteiger charge is 2.44. The summed E-state index contributed by atoms with van der Waals surface area (Å²) in [4.78, 5) is 25.7. The topological polar surface area (TPSA) is 46.6 Å². The molecule has 1 amide bonds. The van der Waals surface area contributed by atoms with Crippen molar-refractivity contribution in [1.29, 1.82) is 0 Å². The quantitative estimate of drug-likeness (QED) is 0.627. The fourth-order valence-corrected chi connectivity index (χ4v) is 3.96. The molecule has 2 aromatic carbocycles. The minimum atomic E-state index is -1.14. The van der Waals surface area contributed by atoms with Gasteiger partial charge in [0.2, 0.25) is 5.91 Å². The molecule has 1 saturated heterocycles. The number of anilines is 1. The third-order valence-electron chi connectivity index (χ3n) is 4.11. The third kappa shape index (κ3) is 3.04. The van der Waals surface area contributed by atoms with Gasteiger partial charge in [0.25, 0.3) is 0 Å². The average Bonchev–Trinajstić information content (AvgIpc) is 2.91. The Kier molecular flexibility index (Phi) is 4.60. The van der Waals surface area contributed by atoms with E-state index in [1.54, 1.807) is 37.3 Å². The van der Waals surface area contributed by atoms with Gasteiger partial charge in [-0.1, -0.05) is 12.1 Å². The molecule has 4 nitrogen and oxygen atoms in total. The van der Waals surface area contributed by atoms with Crippen LogP contribution in [0.2, 0.25) is 0 Å². The molecule has 1 aliphatic rings. The minimum absolute atomic E-state index is 0.147. The molecule has 1 unspecified atom stereocenters. The zero-order valence-corrected chi connectivity index (χ0v) is 14.6. The standard InChI is InChI=1S/C18H15BFNO3S/c1-11-9-12(17(23)24-2)3-8-15(11)21-16(22)10-25-18(21,19)13-4-6-14(20)7-5-13/h3-9H,10H2,1-2H3. The molecule has 7 heteroatoms. The van der Waals surface area contributed by atoms with Crippen molar-refractivity contribution in [2.75, 3.05) is 17.8 Å². The number of carbonyl (C=O) groups is 2. The van der Waals surface area contributed by atoms with Gasteiger partial charge >= 0.3 is 5.97 Å². The van der Waals surface area contributed by atoms with Crippen molar-refractivity contribution >= 4 is 37.2 Å². The first-order valence-electron chi connectivity index (χ1n) is 7.57. The number of benzene rings is 2. The molecule has 1 fully saturated rings. The van der Waals surface area contributed by atoms with Crippen LogP contribution in [0, 0.1) is 12.7 Å². The number of methoxy groups -OCH3 is 1. The van der Waals surface area contributed by atoms with E-state index < -0.39 is 10.7 Å². The van der Waals surface area contributed by atoms with Crippen LogP contribution < -0.4 is 4.90 Å². The van der Waals surface area contributed by atoms with E-state index >= 15 is 0 Å². The van der Waals surface area contributed by atoms with E-state index in [-0.39, 0.29) is 17.5 Å². The van der Waals surface area contributed by atoms with Crippen LogP contribution in [-0.4, -0.2) is 32.6 Å². The number of hydrogen-bond donors (Lipinski definition) is 0. The van der Waals surface area contributed by atoms with E-state index in [0.29, 0.717) is 16.8 Å². The van der Waals surface area contributed by atoms with E-state index in [1.165, 1.54) is 35.9 Å². The van der Waals surface area contributed by atoms with Crippen LogP contribution in [0.3, 0.4) is 0 Å². The first-order valence-corrected chi connectivity index (χ1v) is 8.56. The number of esters is 1. The zero-order valence-electron chi connectivity index (χ0n) is 13.8. The summed E-state index contributed by atoms with van der Waals surface area (Å²) in [6, 6.07) is 10.7. The maximum Gasteiger partial charge on any atom is 0.337 e. The second-order valence-electron chi connectivity index (χ2n) is 5.71. The Morgan fingerprint density at radius 2 is 1.96 bits per heavy atom. The normalized spacial score (nSPS) is 20.0. The molecule has 0 aliphatic carbocycles. The van der Waals surface area contributed by atoms with Crippen LogP contribution in [0.1, 0.15) is 21.5 Å². The van der Waals surface area contributed by atoms with Crippen molar-refractivity contribution in [3.05, 3.63) is 65.0 Å². The van der Waals surface area contributed by atoms with Crippen molar-refractivity contribution in [2.24, 2.45) is 0 Å². The Hall–Kier alpha value is -2.28. The van der Waals surface area contributed by atoms with Gasteiger partial charge in [0.1, 0.15) is 13.7 Å². The van der Waals surface area contributed by atoms with Gasteiger partial charge in [-0.25, -0.2) is 9.18 Å². The molecule has 3 rings (SSSR count). The molecule has 0 bridgehead atoms. The number of halogens is 1. The summed E-state index contributed by atoms with van der Waals surface area (Å²) in [5.74, 6) is -0.751. The maximum atomic E-state index is 13.2. The highest BCUT2D eigenvalue weighted by atomic mass is 32.2. The van der Waals surface area contributed by atoms with Gasteiger partial charge in [0, 0.05) is 5.69 Å². The minimum Gasteiger partial charge on any atom is -0.465 e. The molecule has 126 valence electrons. The number of carbonyl (C=O) groups excluding carboxylic acids is 2. The lowest BCUT2D eigenvalue weighted by Gasteiger charge is -2.36. The van der Waals surface area contributed by atoms with Crippen molar-refractivity contribution in [3.63, 3.8) is 0 Å². The monoisotopic (exact) mass is 355 g/mol. The summed E-state index contributed by atoms with van der Waals surface area (Å²) in [5.41, 5.74) is 2.35. The van der Waals surface area contributed by atoms with E-state index in [4.69, 9.17) is 12.6 Å². The lowest BCUT2D eigenvalue weighted by molar-refractivity contribution is -0.116. The first-order chi connectivity index (χ1) is 11.9. The van der Waals surface area contributed by atoms with Gasteiger partial charge < -0.3 is 9.64 Å². The number of rotatable bonds is 3. The highest BCUT2D eigenvalue weighted by molar-refractivity contribution is 8.02. The smallest absolute Gasteiger partial charge is 0.337 e. The van der Waals surface area contributed by atoms with Crippen LogP contribution in [-0.2, 0) is 14.3 Å². The summed E-state index contributed by atoms with van der Waals surface area (Å²) < 4.78 is 16.8. The summed E-state index contributed by atoms with van der Waals surface area (Å²) in [7, 11) is 7.86. The third-order valence-corrected chi connectivity index (χ3v) is 5.36. The van der Waals surface area contributed by atoms with Crippen molar-refractivity contribution in [1.82, 2.24) is 0 Å². The number of amides is 1. The fourth-order valence-electron chi connectivity index (χ4n) is 2.85. The van der Waals surface area contributed by atoms with E-state index in [2.05, 4.69) is 0 Å². The number of thioether (sulfide) groups is 1. The fraction of sp³-hybridized carbons (Fsp3) is 0.222. The van der Waals surface area contributed by atoms with E-state index in [1.807, 2.05) is 0 Å². The Labute approximate surface area is 150 Å². The van der Waals surface area contributed by atoms with Gasteiger partial charge in [-0.05, 0) is 48.4 Å². The Morgan fingerprint density at radius 1 is 1.28 bits per heavy atom. The van der Waals surface area contributed by atoms with Gasteiger partial charge in [-0.3, -0.25) is 4.79 Å². The molecular weight excluding hydrogens is 340 g/mol. The molecule has 0 spiro atoms. The molecule has 1 heterocycles. The predicted molar refractivity (Wildman–Crippen MR) is 96.3 cm³/mol. The molecule has 0 saturated carbocycles. The number of aryl methyl sites for hydroxylation is 1. The Bertz CT molecular complexity index is 843. The maximum absolute atomic E-state index is 13.2. The number of hydrogen-bond acceptors (Lipinski definition) is 4. The molecule has 2 aromatic rings. The van der Waals surface area contributed by atoms with Gasteiger partial charge in [-0.2, -0.15) is 0 Å². The lowest BCUT2D eigenvalue weighted by atomic mass is 9.85. The van der Waals surface area contributed by atoms with Crippen molar-refractivity contribution < 1.29 is 18.7 Å². The van der Waals surface area contributed by atoms with Crippen LogP contribution in [0.25, 0.3) is 0 Å². The second-order valence-corrected chi connectivity index (χ2v) is 6.91. The molecule has 0 aromatic heterocycles. The van der Waals surface area contributed by atoms with E-state index in [0.717, 1.165) is 5.56 Å². The number of nitrogens with zero attached hydrogens (tertiary/aromatic N) is 1. The summed E-state index contributed by atoms with van der Waals surface area (Å²) in [5, 5.41) is 0. The predicted octanol–water partition coefficient (Wildman–Crippen LogP) is 2.98. The van der Waals surface area contributed by atoms with Crippen LogP contribution >= 0.6 is 11.8 Å². The summed E-state index contributed by atoms with van der Waals surface area (Å²) in [6.07, 6.45) is 0. The van der Waals surface area contributed by atoms with Gasteiger partial charge in [-0.15, -0.1) is 11.8 Å². The lowest BCUT2D eigenvalue weighted by Crippen LogP contribution is -2.43. The van der Waals surface area contributed by atoms with Crippen LogP contribution in [0.4, 0.5) is 10.1 Å². The van der Waals surface area contributed by atoms with Gasteiger partial charge in [0.05, 0.1) is 23.2 Å². The Balaban J connectivity index is 2.06. The van der Waals surface area contributed by atoms with E-state index in [9.17, 15) is 14.0 Å². The van der Waals surface area contributed by atoms with Crippen molar-refractivity contribution in [3.8, 4) is 0 Å². The van der Waals surface area contributed by atoms with Gasteiger partial charge in [0.15, 0.2) is 0 Å². The van der Waals surface area contributed by atoms with Crippen molar-refractivity contribution in [2.45, 2.75) is 11.7 Å². The number of ether oxygens (including phenoxy) is 1. The largest absolute Gasteiger partial charge is 0.465 e. The van der Waals surface area contributed by atoms with Crippen LogP contribution in [0.5, 0.6) is 0 Å². The molecule has 25 heavy (non-hydrogen) atoms. The van der Waals surface area contributed by atoms with Crippen LogP contribution in [0.15, 0.2) is 42.5 Å². The molecule has 1 atom stereocenters. The molecule has 2 radical (unpaired) electrons. The molecule has 1 aliphatic heterocycles. The zero-order chi connectivity index (χ0) is 18.2. The SMILES string of the molecule is [B]C1(c2ccc(F)cc2)SCC(=O)N1c1ccc(C(=O)OC)cc1C. The Morgan fingerprint density at radius 3 is 2.56 bits per heavy atom.